The van der Waals surface area contributed by atoms with Crippen LogP contribution in [0.1, 0.15) is 36.2 Å². The number of halogens is 3. The van der Waals surface area contributed by atoms with Crippen LogP contribution in [0.2, 0.25) is 0 Å². The topological polar surface area (TPSA) is 93.9 Å². The summed E-state index contributed by atoms with van der Waals surface area (Å²) in [5.74, 6) is -1.48. The van der Waals surface area contributed by atoms with Crippen molar-refractivity contribution in [1.82, 2.24) is 10.2 Å². The quantitative estimate of drug-likeness (QED) is 0.571. The van der Waals surface area contributed by atoms with Crippen LogP contribution in [0, 0.1) is 0 Å². The van der Waals surface area contributed by atoms with Crippen molar-refractivity contribution in [1.29, 1.82) is 0 Å². The number of likely N-dealkylation sites (tertiary alicyclic amines) is 1. The maximum atomic E-state index is 12.8. The molecule has 1 aromatic rings. The number of rotatable bonds is 6. The molecule has 1 aliphatic heterocycles. The van der Waals surface area contributed by atoms with Crippen LogP contribution in [0.25, 0.3) is 0 Å². The van der Waals surface area contributed by atoms with Gasteiger partial charge in [-0.15, -0.1) is 13.2 Å². The zero-order valence-electron chi connectivity index (χ0n) is 15.1. The van der Waals surface area contributed by atoms with E-state index in [-0.39, 0.29) is 41.9 Å². The Labute approximate surface area is 154 Å². The minimum atomic E-state index is -4.92. The molecule has 1 fully saturated rings. The molecule has 0 unspecified atom stereocenters. The number of esters is 1. The van der Waals surface area contributed by atoms with Gasteiger partial charge in [0, 0.05) is 43.9 Å². The zero-order valence-corrected chi connectivity index (χ0v) is 15.1. The third kappa shape index (κ3) is 6.02. The van der Waals surface area contributed by atoms with Crippen molar-refractivity contribution in [3.8, 4) is 5.75 Å². The third-order valence-corrected chi connectivity index (χ3v) is 4.03. The van der Waals surface area contributed by atoms with Crippen molar-refractivity contribution < 1.29 is 32.2 Å². The molecule has 3 N–H and O–H groups in total. The van der Waals surface area contributed by atoms with Crippen LogP contribution in [-0.4, -0.2) is 48.9 Å². The number of anilines is 1. The first-order valence-corrected chi connectivity index (χ1v) is 8.43. The van der Waals surface area contributed by atoms with Gasteiger partial charge in [0.2, 0.25) is 5.91 Å². The molecule has 27 heavy (non-hydrogen) atoms. The number of amides is 1. The minimum Gasteiger partial charge on any atom is -0.462 e. The number of carbonyl (C=O) groups excluding carboxylic acids is 2. The van der Waals surface area contributed by atoms with E-state index >= 15 is 0 Å². The number of benzene rings is 1. The Hall–Kier alpha value is -2.49. The van der Waals surface area contributed by atoms with Gasteiger partial charge in [0.1, 0.15) is 5.75 Å². The Morgan fingerprint density at radius 1 is 1.37 bits per heavy atom. The molecular weight excluding hydrogens is 367 g/mol. The maximum absolute atomic E-state index is 12.8. The molecule has 2 rings (SSSR count). The highest BCUT2D eigenvalue weighted by atomic mass is 19.4. The molecule has 1 atom stereocenters. The first-order valence-electron chi connectivity index (χ1n) is 8.43. The predicted molar refractivity (Wildman–Crippen MR) is 91.0 cm³/mol. The fourth-order valence-electron chi connectivity index (χ4n) is 3.00. The molecule has 1 saturated heterocycles. The van der Waals surface area contributed by atoms with Crippen LogP contribution in [0.4, 0.5) is 18.9 Å². The molecule has 0 spiro atoms. The summed E-state index contributed by atoms with van der Waals surface area (Å²) in [7, 11) is 0. The van der Waals surface area contributed by atoms with E-state index < -0.39 is 18.1 Å². The molecule has 1 amide bonds. The van der Waals surface area contributed by atoms with Crippen LogP contribution in [0.3, 0.4) is 0 Å². The zero-order chi connectivity index (χ0) is 20.2. The van der Waals surface area contributed by atoms with Crippen molar-refractivity contribution >= 4 is 17.6 Å². The summed E-state index contributed by atoms with van der Waals surface area (Å²) in [4.78, 5) is 24.9. The van der Waals surface area contributed by atoms with Gasteiger partial charge in [0.05, 0.1) is 12.2 Å². The van der Waals surface area contributed by atoms with Crippen molar-refractivity contribution in [2.75, 3.05) is 25.4 Å². The van der Waals surface area contributed by atoms with Crippen molar-refractivity contribution in [3.63, 3.8) is 0 Å². The lowest BCUT2D eigenvalue weighted by Gasteiger charge is -2.20. The van der Waals surface area contributed by atoms with Crippen LogP contribution < -0.4 is 15.8 Å². The fraction of sp³-hybridized carbons (Fsp3) is 0.529. The molecule has 1 aliphatic rings. The maximum Gasteiger partial charge on any atom is 0.573 e. The highest BCUT2D eigenvalue weighted by molar-refractivity contribution is 5.95. The first-order chi connectivity index (χ1) is 12.6. The van der Waals surface area contributed by atoms with E-state index in [4.69, 9.17) is 10.5 Å². The summed E-state index contributed by atoms with van der Waals surface area (Å²) >= 11 is 0. The molecule has 7 nitrogen and oxygen atoms in total. The molecule has 0 bridgehead atoms. The number of ether oxygens (including phenoxy) is 2. The SMILES string of the molecule is CCOC(=O)c1cc(OC(F)(F)F)c(CN2CC[C@H](NC(C)=O)C2)cc1N. The minimum absolute atomic E-state index is 0.00980. The molecule has 150 valence electrons. The summed E-state index contributed by atoms with van der Waals surface area (Å²) < 4.78 is 47.3. The van der Waals surface area contributed by atoms with Gasteiger partial charge in [0.25, 0.3) is 0 Å². The predicted octanol–water partition coefficient (Wildman–Crippen LogP) is 2.05. The van der Waals surface area contributed by atoms with Gasteiger partial charge >= 0.3 is 12.3 Å². The van der Waals surface area contributed by atoms with Crippen molar-refractivity contribution in [2.24, 2.45) is 0 Å². The molecule has 0 saturated carbocycles. The second-order valence-electron chi connectivity index (χ2n) is 6.24. The molecule has 0 aromatic heterocycles. The lowest BCUT2D eigenvalue weighted by molar-refractivity contribution is -0.275. The Morgan fingerprint density at radius 3 is 2.67 bits per heavy atom. The number of nitrogens with zero attached hydrogens (tertiary/aromatic N) is 1. The van der Waals surface area contributed by atoms with E-state index in [2.05, 4.69) is 10.1 Å². The van der Waals surface area contributed by atoms with Crippen LogP contribution in [-0.2, 0) is 16.1 Å². The summed E-state index contributed by atoms with van der Waals surface area (Å²) in [5, 5.41) is 2.78. The summed E-state index contributed by atoms with van der Waals surface area (Å²) in [5.41, 5.74) is 5.86. The highest BCUT2D eigenvalue weighted by Gasteiger charge is 2.33. The normalized spacial score (nSPS) is 17.6. The Morgan fingerprint density at radius 2 is 2.07 bits per heavy atom. The standard InChI is InChI=1S/C17H22F3N3O4/c1-3-26-16(25)13-7-15(27-17(18,19)20)11(6-14(13)21)8-23-5-4-12(9-23)22-10(2)24/h6-7,12H,3-5,8-9,21H2,1-2H3,(H,22,24)/t12-/m0/s1. The Kier molecular flexibility index (Phi) is 6.53. The molecule has 0 radical (unpaired) electrons. The Balaban J connectivity index is 2.25. The number of alkyl halides is 3. The van der Waals surface area contributed by atoms with Crippen LogP contribution in [0.15, 0.2) is 12.1 Å². The van der Waals surface area contributed by atoms with Gasteiger partial charge < -0.3 is 20.5 Å². The monoisotopic (exact) mass is 389 g/mol. The number of hydrogen-bond acceptors (Lipinski definition) is 6. The lowest BCUT2D eigenvalue weighted by atomic mass is 10.1. The second-order valence-corrected chi connectivity index (χ2v) is 6.24. The summed E-state index contributed by atoms with van der Waals surface area (Å²) in [6.07, 6.45) is -4.23. The number of nitrogens with two attached hydrogens (primary N) is 1. The smallest absolute Gasteiger partial charge is 0.462 e. The molecular formula is C17H22F3N3O4. The van der Waals surface area contributed by atoms with E-state index in [1.54, 1.807) is 6.92 Å². The number of carbonyl (C=O) groups is 2. The average molecular weight is 389 g/mol. The summed E-state index contributed by atoms with van der Waals surface area (Å²) in [6.45, 7) is 4.27. The lowest BCUT2D eigenvalue weighted by Crippen LogP contribution is -2.35. The number of nitrogen functional groups attached to an aromatic ring is 1. The van der Waals surface area contributed by atoms with Gasteiger partial charge in [-0.05, 0) is 25.5 Å². The van der Waals surface area contributed by atoms with E-state index in [0.29, 0.717) is 19.5 Å². The van der Waals surface area contributed by atoms with E-state index in [9.17, 15) is 22.8 Å². The second kappa shape index (κ2) is 8.47. The van der Waals surface area contributed by atoms with Gasteiger partial charge in [-0.2, -0.15) is 0 Å². The van der Waals surface area contributed by atoms with Gasteiger partial charge in [-0.25, -0.2) is 4.79 Å². The van der Waals surface area contributed by atoms with Gasteiger partial charge in [-0.3, -0.25) is 9.69 Å². The van der Waals surface area contributed by atoms with E-state index in [0.717, 1.165) is 6.07 Å². The molecule has 1 aromatic carbocycles. The molecule has 0 aliphatic carbocycles. The fourth-order valence-corrected chi connectivity index (χ4v) is 3.00. The largest absolute Gasteiger partial charge is 0.573 e. The highest BCUT2D eigenvalue weighted by Crippen LogP contribution is 2.32. The molecule has 10 heteroatoms. The van der Waals surface area contributed by atoms with E-state index in [1.807, 2.05) is 4.90 Å². The van der Waals surface area contributed by atoms with Crippen LogP contribution >= 0.6 is 0 Å². The third-order valence-electron chi connectivity index (χ3n) is 4.03. The van der Waals surface area contributed by atoms with Crippen molar-refractivity contribution in [3.05, 3.63) is 23.3 Å². The molecule has 1 heterocycles. The first kappa shape index (κ1) is 20.8. The van der Waals surface area contributed by atoms with Gasteiger partial charge in [-0.1, -0.05) is 0 Å². The van der Waals surface area contributed by atoms with Crippen LogP contribution in [0.5, 0.6) is 5.75 Å². The Bertz CT molecular complexity index is 709. The van der Waals surface area contributed by atoms with E-state index in [1.165, 1.54) is 13.0 Å². The number of hydrogen-bond donors (Lipinski definition) is 2. The average Bonchev–Trinajstić information content (AvgIpc) is 2.95. The number of nitrogens with one attached hydrogen (secondary N) is 1. The summed E-state index contributed by atoms with van der Waals surface area (Å²) in [6, 6.07) is 2.18. The van der Waals surface area contributed by atoms with Gasteiger partial charge in [0.15, 0.2) is 0 Å². The van der Waals surface area contributed by atoms with Crippen molar-refractivity contribution in [2.45, 2.75) is 39.2 Å².